The maximum Gasteiger partial charge on any atom is 0.264 e. The summed E-state index contributed by atoms with van der Waals surface area (Å²) in [6.07, 6.45) is 3.61. The van der Waals surface area contributed by atoms with Crippen LogP contribution in [0, 0.1) is 18.8 Å². The second-order valence-electron chi connectivity index (χ2n) is 9.55. The van der Waals surface area contributed by atoms with Gasteiger partial charge in [-0.25, -0.2) is 18.7 Å². The Hall–Kier alpha value is -3.26. The minimum Gasteiger partial charge on any atom is -0.384 e. The van der Waals surface area contributed by atoms with Crippen LogP contribution in [0.15, 0.2) is 48.8 Å². The van der Waals surface area contributed by atoms with Gasteiger partial charge in [0.15, 0.2) is 0 Å². The lowest BCUT2D eigenvalue weighted by Crippen LogP contribution is -2.36. The van der Waals surface area contributed by atoms with Crippen LogP contribution in [0.4, 0.5) is 20.4 Å². The van der Waals surface area contributed by atoms with Crippen molar-refractivity contribution in [2.75, 3.05) is 5.32 Å². The molecule has 1 aliphatic rings. The van der Waals surface area contributed by atoms with Gasteiger partial charge in [0.2, 0.25) is 0 Å². The zero-order valence-corrected chi connectivity index (χ0v) is 20.1. The van der Waals surface area contributed by atoms with Gasteiger partial charge in [-0.15, -0.1) is 0 Å². The molecule has 3 aromatic rings. The van der Waals surface area contributed by atoms with Gasteiger partial charge in [0.1, 0.15) is 23.0 Å². The van der Waals surface area contributed by atoms with E-state index in [0.29, 0.717) is 17.2 Å². The lowest BCUT2D eigenvalue weighted by Gasteiger charge is -2.37. The van der Waals surface area contributed by atoms with E-state index < -0.39 is 12.0 Å². The highest BCUT2D eigenvalue weighted by molar-refractivity contribution is 5.78. The number of hydrogen-bond acceptors (Lipinski definition) is 6. The average Bonchev–Trinajstić information content (AvgIpc) is 2.84. The van der Waals surface area contributed by atoms with Crippen LogP contribution in [0.1, 0.15) is 62.8 Å². The van der Waals surface area contributed by atoms with Crippen LogP contribution in [0.25, 0.3) is 11.3 Å². The monoisotopic (exact) mass is 480 g/mol. The highest BCUT2D eigenvalue weighted by atomic mass is 19.3. The number of aryl methyl sites for hydroxylation is 1. The summed E-state index contributed by atoms with van der Waals surface area (Å²) in [6, 6.07) is 9.99. The number of aromatic nitrogens is 3. The summed E-state index contributed by atoms with van der Waals surface area (Å²) in [6.45, 7) is 5.35. The maximum atomic E-state index is 13.0. The predicted molar refractivity (Wildman–Crippen MR) is 130 cm³/mol. The van der Waals surface area contributed by atoms with Gasteiger partial charge in [-0.2, -0.15) is 0 Å². The molecule has 1 saturated carbocycles. The molecule has 1 atom stereocenters. The predicted octanol–water partition coefficient (Wildman–Crippen LogP) is 6.13. The first-order valence-corrected chi connectivity index (χ1v) is 11.8. The van der Waals surface area contributed by atoms with Gasteiger partial charge >= 0.3 is 0 Å². The minimum atomic E-state index is -2.58. The van der Waals surface area contributed by atoms with Crippen molar-refractivity contribution >= 4 is 17.4 Å². The Kier molecular flexibility index (Phi) is 7.21. The number of carbonyl (C=O) groups is 1. The molecule has 1 aliphatic carbocycles. The van der Waals surface area contributed by atoms with Gasteiger partial charge in [0.05, 0.1) is 11.4 Å². The molecule has 35 heavy (non-hydrogen) atoms. The number of Topliss-reactive ketones (excluding diaryl/α,β-unsaturated/α-hetero) is 1. The fourth-order valence-electron chi connectivity index (χ4n) is 4.78. The van der Waals surface area contributed by atoms with Crippen molar-refractivity contribution in [1.82, 2.24) is 15.0 Å². The van der Waals surface area contributed by atoms with E-state index in [1.807, 2.05) is 31.2 Å². The number of pyridine rings is 3. The zero-order valence-electron chi connectivity index (χ0n) is 20.1. The van der Waals surface area contributed by atoms with E-state index in [-0.39, 0.29) is 29.0 Å². The fraction of sp³-hybridized carbons (Fsp3) is 0.407. The molecule has 6 nitrogen and oxygen atoms in total. The van der Waals surface area contributed by atoms with Gasteiger partial charge in [0.25, 0.3) is 6.43 Å². The molecule has 3 heterocycles. The molecule has 1 unspecified atom stereocenters. The lowest BCUT2D eigenvalue weighted by atomic mass is 9.72. The fourth-order valence-corrected chi connectivity index (χ4v) is 4.78. The largest absolute Gasteiger partial charge is 0.384 e. The summed E-state index contributed by atoms with van der Waals surface area (Å²) in [5, 5.41) is 14.3. The molecule has 0 aliphatic heterocycles. The van der Waals surface area contributed by atoms with Crippen LogP contribution >= 0.6 is 0 Å². The lowest BCUT2D eigenvalue weighted by molar-refractivity contribution is -0.123. The number of anilines is 2. The van der Waals surface area contributed by atoms with Crippen LogP contribution in [0.2, 0.25) is 0 Å². The van der Waals surface area contributed by atoms with Crippen molar-refractivity contribution in [3.05, 3.63) is 65.6 Å². The van der Waals surface area contributed by atoms with Crippen LogP contribution in [-0.4, -0.2) is 25.8 Å². The van der Waals surface area contributed by atoms with Crippen molar-refractivity contribution < 1.29 is 18.7 Å². The molecule has 3 aromatic heterocycles. The first-order valence-electron chi connectivity index (χ1n) is 11.8. The number of rotatable bonds is 7. The molecule has 0 radical (unpaired) electrons. The summed E-state index contributed by atoms with van der Waals surface area (Å²) in [7, 11) is 0. The molecule has 2 N–H and O–H groups in total. The Morgan fingerprint density at radius 3 is 2.46 bits per heavy atom. The Balaban J connectivity index is 1.52. The minimum absolute atomic E-state index is 0.0425. The van der Waals surface area contributed by atoms with E-state index in [1.165, 1.54) is 18.3 Å². The molecular formula is C27H30F2N4O2. The van der Waals surface area contributed by atoms with Gasteiger partial charge in [-0.1, -0.05) is 0 Å². The molecular weight excluding hydrogens is 450 g/mol. The Morgan fingerprint density at radius 1 is 1.09 bits per heavy atom. The van der Waals surface area contributed by atoms with Gasteiger partial charge in [-0.05, 0) is 94.3 Å². The molecule has 0 spiro atoms. The highest BCUT2D eigenvalue weighted by Gasteiger charge is 2.38. The highest BCUT2D eigenvalue weighted by Crippen LogP contribution is 2.40. The Labute approximate surface area is 203 Å². The average molecular weight is 481 g/mol. The number of ketones is 1. The third-order valence-corrected chi connectivity index (χ3v) is 6.94. The van der Waals surface area contributed by atoms with Crippen molar-refractivity contribution in [2.24, 2.45) is 11.8 Å². The molecule has 1 fully saturated rings. The van der Waals surface area contributed by atoms with Gasteiger partial charge in [-0.3, -0.25) is 9.78 Å². The molecule has 0 amide bonds. The van der Waals surface area contributed by atoms with Crippen LogP contribution in [0.3, 0.4) is 0 Å². The van der Waals surface area contributed by atoms with E-state index in [2.05, 4.69) is 20.3 Å². The standard InChI is InChI=1S/C27H30F2N4O2/c1-16-12-22(32-25(13-16)33-24-14-19(26(28)29)10-11-30-24)20-6-9-23(31-15-20)27(3,35)21-7-4-18(5-8-21)17(2)34/h6,9-15,18,21,26,35H,4-5,7-8H2,1-3H3,(H,30,32,33). The Morgan fingerprint density at radius 2 is 1.83 bits per heavy atom. The van der Waals surface area contributed by atoms with Gasteiger partial charge in [0, 0.05) is 29.4 Å². The van der Waals surface area contributed by atoms with E-state index in [4.69, 9.17) is 0 Å². The van der Waals surface area contributed by atoms with E-state index in [9.17, 15) is 18.7 Å². The number of halogens is 2. The molecule has 8 heteroatoms. The topological polar surface area (TPSA) is 88.0 Å². The normalized spacial score (nSPS) is 19.9. The summed E-state index contributed by atoms with van der Waals surface area (Å²) >= 11 is 0. The number of alkyl halides is 2. The molecule has 0 bridgehead atoms. The number of carbonyl (C=O) groups excluding carboxylic acids is 1. The van der Waals surface area contributed by atoms with Crippen molar-refractivity contribution in [2.45, 2.75) is 58.5 Å². The first-order chi connectivity index (χ1) is 16.6. The van der Waals surface area contributed by atoms with Crippen LogP contribution in [-0.2, 0) is 10.4 Å². The molecule has 0 saturated heterocycles. The van der Waals surface area contributed by atoms with Crippen LogP contribution < -0.4 is 5.32 Å². The van der Waals surface area contributed by atoms with E-state index in [1.54, 1.807) is 20.0 Å². The number of nitrogens with one attached hydrogen (secondary N) is 1. The zero-order chi connectivity index (χ0) is 25.2. The van der Waals surface area contributed by atoms with Crippen LogP contribution in [0.5, 0.6) is 0 Å². The maximum absolute atomic E-state index is 13.0. The quantitative estimate of drug-likeness (QED) is 0.423. The smallest absolute Gasteiger partial charge is 0.264 e. The second-order valence-corrected chi connectivity index (χ2v) is 9.55. The number of hydrogen-bond donors (Lipinski definition) is 2. The third-order valence-electron chi connectivity index (χ3n) is 6.94. The summed E-state index contributed by atoms with van der Waals surface area (Å²) in [4.78, 5) is 24.9. The third kappa shape index (κ3) is 5.70. The van der Waals surface area contributed by atoms with Crippen molar-refractivity contribution in [3.63, 3.8) is 0 Å². The van der Waals surface area contributed by atoms with Gasteiger partial charge < -0.3 is 10.4 Å². The second kappa shape index (κ2) is 10.2. The summed E-state index contributed by atoms with van der Waals surface area (Å²) in [5.74, 6) is 1.14. The molecule has 184 valence electrons. The van der Waals surface area contributed by atoms with Crippen molar-refractivity contribution in [1.29, 1.82) is 0 Å². The summed E-state index contributed by atoms with van der Waals surface area (Å²) in [5.41, 5.74) is 1.75. The van der Waals surface area contributed by atoms with E-state index >= 15 is 0 Å². The van der Waals surface area contributed by atoms with Crippen molar-refractivity contribution in [3.8, 4) is 11.3 Å². The number of aliphatic hydroxyl groups is 1. The van der Waals surface area contributed by atoms with E-state index in [0.717, 1.165) is 36.8 Å². The molecule has 4 rings (SSSR count). The Bertz CT molecular complexity index is 1190. The first kappa shape index (κ1) is 24.9. The molecule has 0 aromatic carbocycles. The summed E-state index contributed by atoms with van der Waals surface area (Å²) < 4.78 is 26.0. The number of nitrogens with zero attached hydrogens (tertiary/aromatic N) is 3. The SMILES string of the molecule is CC(=O)C1CCC(C(C)(O)c2ccc(-c3cc(C)cc(Nc4cc(C(F)F)ccn4)n3)cn2)CC1.